The van der Waals surface area contributed by atoms with Crippen molar-refractivity contribution in [1.82, 2.24) is 10.2 Å². The number of fused-ring (bicyclic) bond motifs is 4. The molecule has 1 N–H and O–H groups in total. The summed E-state index contributed by atoms with van der Waals surface area (Å²) in [5, 5.41) is 4.64. The molecule has 3 aliphatic rings. The van der Waals surface area contributed by atoms with Crippen molar-refractivity contribution in [3.05, 3.63) is 35.0 Å². The summed E-state index contributed by atoms with van der Waals surface area (Å²) in [5.74, 6) is 0.850. The molecule has 0 unspecified atom stereocenters. The van der Waals surface area contributed by atoms with Gasteiger partial charge in [-0.25, -0.2) is 0 Å². The number of nitrogens with zero attached hydrogens (tertiary/aromatic N) is 1. The van der Waals surface area contributed by atoms with Crippen LogP contribution in [0.15, 0.2) is 28.7 Å². The predicted molar refractivity (Wildman–Crippen MR) is 88.4 cm³/mol. The van der Waals surface area contributed by atoms with Crippen LogP contribution in [-0.2, 0) is 0 Å². The van der Waals surface area contributed by atoms with Gasteiger partial charge in [-0.2, -0.15) is 0 Å². The van der Waals surface area contributed by atoms with Crippen molar-refractivity contribution in [1.29, 1.82) is 0 Å². The summed E-state index contributed by atoms with van der Waals surface area (Å²) in [5.41, 5.74) is 0.693. The van der Waals surface area contributed by atoms with Gasteiger partial charge in [-0.05, 0) is 56.1 Å². The molecule has 0 aliphatic carbocycles. The van der Waals surface area contributed by atoms with Gasteiger partial charge in [0.25, 0.3) is 5.91 Å². The first-order valence-corrected chi connectivity index (χ1v) is 7.79. The Morgan fingerprint density at radius 1 is 1.27 bits per heavy atom. The maximum atomic E-state index is 12.4. The molecular formula is C17H21ClN2O2. The zero-order chi connectivity index (χ0) is 14.4. The third-order valence-corrected chi connectivity index (χ3v) is 4.91. The zero-order valence-electron chi connectivity index (χ0n) is 11.6. The molecule has 3 saturated heterocycles. The number of piperidine rings is 3. The maximum Gasteiger partial charge on any atom is 0.287 e. The van der Waals surface area contributed by atoms with Crippen LogP contribution in [0.4, 0.5) is 0 Å². The summed E-state index contributed by atoms with van der Waals surface area (Å²) in [6, 6.07) is 7.38. The van der Waals surface area contributed by atoms with Crippen molar-refractivity contribution in [2.45, 2.75) is 26.3 Å². The molecule has 1 atom stereocenters. The summed E-state index contributed by atoms with van der Waals surface area (Å²) in [7, 11) is 0. The highest BCUT2D eigenvalue weighted by Crippen LogP contribution is 2.28. The molecule has 1 amide bonds. The number of benzene rings is 1. The normalized spacial score (nSPS) is 26.7. The standard InChI is InChI=1S/C16H17ClN2O2.CH4/c17-12-1-2-14-11(7-12)8-15(21-14)16(20)18-13-9-19-5-3-10(13)4-6-19;/h1-2,7-8,10,13H,3-6,9H2,(H,18,20);1H4/t13-;/m0./s1. The van der Waals surface area contributed by atoms with Crippen molar-refractivity contribution >= 4 is 28.5 Å². The first-order chi connectivity index (χ1) is 10.2. The number of hydrogen-bond acceptors (Lipinski definition) is 3. The van der Waals surface area contributed by atoms with Gasteiger partial charge in [-0.1, -0.05) is 19.0 Å². The molecule has 4 nitrogen and oxygen atoms in total. The Labute approximate surface area is 135 Å². The fraction of sp³-hybridized carbons (Fsp3) is 0.471. The van der Waals surface area contributed by atoms with Gasteiger partial charge in [0.1, 0.15) is 5.58 Å². The molecule has 1 aromatic carbocycles. The van der Waals surface area contributed by atoms with Gasteiger partial charge in [0, 0.05) is 23.0 Å². The van der Waals surface area contributed by atoms with E-state index < -0.39 is 0 Å². The second kappa shape index (κ2) is 5.94. The number of amides is 1. The number of carbonyl (C=O) groups is 1. The van der Waals surface area contributed by atoms with Crippen LogP contribution in [0.3, 0.4) is 0 Å². The molecular weight excluding hydrogens is 300 g/mol. The van der Waals surface area contributed by atoms with E-state index in [2.05, 4.69) is 10.2 Å². The lowest BCUT2D eigenvalue weighted by molar-refractivity contribution is 0.0607. The topological polar surface area (TPSA) is 45.5 Å². The van der Waals surface area contributed by atoms with Gasteiger partial charge in [0.2, 0.25) is 0 Å². The van der Waals surface area contributed by atoms with E-state index in [1.54, 1.807) is 18.2 Å². The van der Waals surface area contributed by atoms with E-state index in [0.29, 0.717) is 22.3 Å². The number of hydrogen-bond donors (Lipinski definition) is 1. The molecule has 2 bridgehead atoms. The molecule has 2 aromatic rings. The number of furan rings is 1. The molecule has 5 heteroatoms. The van der Waals surface area contributed by atoms with Crippen LogP contribution in [0.2, 0.25) is 5.02 Å². The minimum absolute atomic E-state index is 0. The largest absolute Gasteiger partial charge is 0.451 e. The maximum absolute atomic E-state index is 12.4. The van der Waals surface area contributed by atoms with Crippen LogP contribution in [0.25, 0.3) is 11.0 Å². The van der Waals surface area contributed by atoms with E-state index >= 15 is 0 Å². The summed E-state index contributed by atoms with van der Waals surface area (Å²) in [6.07, 6.45) is 2.36. The third-order valence-electron chi connectivity index (χ3n) is 4.67. The van der Waals surface area contributed by atoms with Gasteiger partial charge < -0.3 is 14.6 Å². The van der Waals surface area contributed by atoms with E-state index in [9.17, 15) is 4.79 Å². The van der Waals surface area contributed by atoms with Crippen LogP contribution < -0.4 is 5.32 Å². The highest BCUT2D eigenvalue weighted by molar-refractivity contribution is 6.31. The van der Waals surface area contributed by atoms with Crippen LogP contribution in [0.1, 0.15) is 30.8 Å². The van der Waals surface area contributed by atoms with E-state index in [0.717, 1.165) is 11.9 Å². The van der Waals surface area contributed by atoms with Crippen molar-refractivity contribution in [2.24, 2.45) is 5.92 Å². The quantitative estimate of drug-likeness (QED) is 0.920. The Balaban J connectivity index is 0.00000144. The Morgan fingerprint density at radius 2 is 2.05 bits per heavy atom. The minimum Gasteiger partial charge on any atom is -0.451 e. The fourth-order valence-electron chi connectivity index (χ4n) is 3.49. The molecule has 118 valence electrons. The summed E-state index contributed by atoms with van der Waals surface area (Å²) < 4.78 is 5.62. The highest BCUT2D eigenvalue weighted by Gasteiger charge is 2.35. The first kappa shape index (κ1) is 15.4. The Bertz CT molecular complexity index is 689. The Hall–Kier alpha value is -1.52. The van der Waals surface area contributed by atoms with Gasteiger partial charge in [-0.3, -0.25) is 4.79 Å². The summed E-state index contributed by atoms with van der Waals surface area (Å²) >= 11 is 5.96. The molecule has 4 heterocycles. The summed E-state index contributed by atoms with van der Waals surface area (Å²) in [6.45, 7) is 3.29. The number of nitrogens with one attached hydrogen (secondary N) is 1. The summed E-state index contributed by atoms with van der Waals surface area (Å²) in [4.78, 5) is 14.8. The highest BCUT2D eigenvalue weighted by atomic mass is 35.5. The smallest absolute Gasteiger partial charge is 0.287 e. The molecule has 22 heavy (non-hydrogen) atoms. The van der Waals surface area contributed by atoms with Crippen molar-refractivity contribution in [3.63, 3.8) is 0 Å². The number of rotatable bonds is 2. The van der Waals surface area contributed by atoms with Crippen LogP contribution in [0, 0.1) is 5.92 Å². The fourth-order valence-corrected chi connectivity index (χ4v) is 3.67. The van der Waals surface area contributed by atoms with E-state index in [1.807, 2.05) is 6.07 Å². The number of halogens is 1. The molecule has 3 fully saturated rings. The van der Waals surface area contributed by atoms with Crippen molar-refractivity contribution in [3.8, 4) is 0 Å². The van der Waals surface area contributed by atoms with E-state index in [1.165, 1.54) is 25.9 Å². The van der Waals surface area contributed by atoms with Crippen LogP contribution in [-0.4, -0.2) is 36.5 Å². The minimum atomic E-state index is -0.124. The predicted octanol–water partition coefficient (Wildman–Crippen LogP) is 3.55. The lowest BCUT2D eigenvalue weighted by atomic mass is 9.84. The monoisotopic (exact) mass is 320 g/mol. The zero-order valence-corrected chi connectivity index (χ0v) is 12.4. The SMILES string of the molecule is C.O=C(N[C@H]1CN2CCC1CC2)c1cc2cc(Cl)ccc2o1. The average molecular weight is 321 g/mol. The van der Waals surface area contributed by atoms with E-state index in [-0.39, 0.29) is 19.4 Å². The molecule has 3 aliphatic heterocycles. The molecule has 1 aromatic heterocycles. The lowest BCUT2D eigenvalue weighted by Gasteiger charge is -2.44. The second-order valence-electron chi connectivity index (χ2n) is 6.01. The van der Waals surface area contributed by atoms with Crippen LogP contribution in [0.5, 0.6) is 0 Å². The lowest BCUT2D eigenvalue weighted by Crippen LogP contribution is -2.57. The second-order valence-corrected chi connectivity index (χ2v) is 6.45. The van der Waals surface area contributed by atoms with Crippen molar-refractivity contribution < 1.29 is 9.21 Å². The van der Waals surface area contributed by atoms with Crippen molar-refractivity contribution in [2.75, 3.05) is 19.6 Å². The molecule has 5 rings (SSSR count). The van der Waals surface area contributed by atoms with Gasteiger partial charge >= 0.3 is 0 Å². The number of carbonyl (C=O) groups excluding carboxylic acids is 1. The molecule has 0 radical (unpaired) electrons. The van der Waals surface area contributed by atoms with Gasteiger partial charge in [0.05, 0.1) is 0 Å². The molecule has 0 spiro atoms. The van der Waals surface area contributed by atoms with Crippen LogP contribution >= 0.6 is 11.6 Å². The van der Waals surface area contributed by atoms with Gasteiger partial charge in [0.15, 0.2) is 5.76 Å². The average Bonchev–Trinajstić information content (AvgIpc) is 2.91. The third kappa shape index (κ3) is 2.73. The Kier molecular flexibility index (Phi) is 4.15. The first-order valence-electron chi connectivity index (χ1n) is 7.41. The molecule has 0 saturated carbocycles. The van der Waals surface area contributed by atoms with Gasteiger partial charge in [-0.15, -0.1) is 0 Å². The Morgan fingerprint density at radius 3 is 2.73 bits per heavy atom. The van der Waals surface area contributed by atoms with E-state index in [4.69, 9.17) is 16.0 Å².